The first-order valence-corrected chi connectivity index (χ1v) is 11.9. The number of carbonyl (C=O) groups is 3. The summed E-state index contributed by atoms with van der Waals surface area (Å²) in [4.78, 5) is 50.0. The number of para-hydroxylation sites is 1. The number of likely N-dealkylation sites (N-methyl/N-ethyl adjacent to an activating group) is 1. The van der Waals surface area contributed by atoms with Crippen molar-refractivity contribution in [3.63, 3.8) is 0 Å². The topological polar surface area (TPSA) is 137 Å². The minimum Gasteiger partial charge on any atom is -0.485 e. The Hall–Kier alpha value is -3.73. The second-order valence-corrected chi connectivity index (χ2v) is 9.33. The normalized spacial score (nSPS) is 18.4. The van der Waals surface area contributed by atoms with Crippen LogP contribution < -0.4 is 15.4 Å². The molecule has 0 aliphatic carbocycles. The third kappa shape index (κ3) is 6.28. The lowest BCUT2D eigenvalue weighted by Crippen LogP contribution is -2.51. The average molecular weight is 499 g/mol. The first kappa shape index (κ1) is 26.9. The van der Waals surface area contributed by atoms with Crippen LogP contribution >= 0.6 is 0 Å². The number of aliphatic hydroxyl groups is 1. The molecule has 3 N–H and O–H groups in total. The highest BCUT2D eigenvalue weighted by atomic mass is 16.5. The molecule has 0 fully saturated rings. The van der Waals surface area contributed by atoms with E-state index in [2.05, 4.69) is 20.6 Å². The highest BCUT2D eigenvalue weighted by Gasteiger charge is 2.35. The Kier molecular flexibility index (Phi) is 8.81. The van der Waals surface area contributed by atoms with Gasteiger partial charge in [-0.3, -0.25) is 14.6 Å². The van der Waals surface area contributed by atoms with E-state index in [-0.39, 0.29) is 54.1 Å². The van der Waals surface area contributed by atoms with Crippen LogP contribution in [-0.2, 0) is 0 Å². The number of amides is 4. The summed E-state index contributed by atoms with van der Waals surface area (Å²) < 4.78 is 6.39. The Labute approximate surface area is 210 Å². The lowest BCUT2D eigenvalue weighted by Gasteiger charge is -2.38. The number of hydrogen-bond acceptors (Lipinski definition) is 7. The molecule has 0 saturated heterocycles. The van der Waals surface area contributed by atoms with Crippen molar-refractivity contribution in [2.45, 2.75) is 45.9 Å². The third-order valence-corrected chi connectivity index (χ3v) is 5.95. The molecule has 2 heterocycles. The van der Waals surface area contributed by atoms with Crippen LogP contribution in [0.25, 0.3) is 0 Å². The number of hydrogen-bond donors (Lipinski definition) is 3. The van der Waals surface area contributed by atoms with Gasteiger partial charge in [0.2, 0.25) is 0 Å². The van der Waals surface area contributed by atoms with E-state index in [1.165, 1.54) is 23.5 Å². The van der Waals surface area contributed by atoms with Crippen LogP contribution in [0.15, 0.2) is 36.8 Å². The molecule has 3 atom stereocenters. The van der Waals surface area contributed by atoms with Gasteiger partial charge in [-0.2, -0.15) is 0 Å². The number of aliphatic hydroxyl groups excluding tert-OH is 1. The second-order valence-electron chi connectivity index (χ2n) is 9.33. The molecule has 1 aromatic heterocycles. The van der Waals surface area contributed by atoms with E-state index >= 15 is 0 Å². The van der Waals surface area contributed by atoms with Gasteiger partial charge in [0.25, 0.3) is 11.8 Å². The Morgan fingerprint density at radius 1 is 1.28 bits per heavy atom. The summed E-state index contributed by atoms with van der Waals surface area (Å²) in [6, 6.07) is 4.19. The molecular formula is C25H34N6O5. The fourth-order valence-corrected chi connectivity index (χ4v) is 3.87. The number of fused-ring (bicyclic) bond motifs is 1. The predicted molar refractivity (Wildman–Crippen MR) is 134 cm³/mol. The van der Waals surface area contributed by atoms with E-state index in [1.807, 2.05) is 20.8 Å². The molecule has 1 aliphatic rings. The summed E-state index contributed by atoms with van der Waals surface area (Å²) in [5.41, 5.74) is 0.651. The first-order valence-electron chi connectivity index (χ1n) is 11.9. The molecule has 194 valence electrons. The average Bonchev–Trinajstić information content (AvgIpc) is 2.86. The predicted octanol–water partition coefficient (Wildman–Crippen LogP) is 2.00. The highest BCUT2D eigenvalue weighted by molar-refractivity contribution is 6.06. The zero-order chi connectivity index (χ0) is 26.4. The van der Waals surface area contributed by atoms with Crippen molar-refractivity contribution < 1.29 is 24.2 Å². The molecule has 0 bridgehead atoms. The SMILES string of the molecule is CC(C)NC(=O)N(C)C[C@@H]1Oc2c(NC(=O)c3cnccn3)cccc2C(=O)N([C@@H](C)CO)C[C@H]1C. The lowest BCUT2D eigenvalue weighted by molar-refractivity contribution is 0.0368. The van der Waals surface area contributed by atoms with E-state index in [0.29, 0.717) is 12.2 Å². The molecule has 3 rings (SSSR count). The maximum absolute atomic E-state index is 13.5. The van der Waals surface area contributed by atoms with E-state index in [4.69, 9.17) is 4.74 Å². The summed E-state index contributed by atoms with van der Waals surface area (Å²) >= 11 is 0. The molecule has 4 amide bonds. The molecule has 0 spiro atoms. The zero-order valence-electron chi connectivity index (χ0n) is 21.3. The van der Waals surface area contributed by atoms with Crippen molar-refractivity contribution in [1.82, 2.24) is 25.1 Å². The smallest absolute Gasteiger partial charge is 0.317 e. The van der Waals surface area contributed by atoms with Crippen molar-refractivity contribution in [1.29, 1.82) is 0 Å². The van der Waals surface area contributed by atoms with E-state index in [1.54, 1.807) is 37.1 Å². The number of nitrogens with one attached hydrogen (secondary N) is 2. The zero-order valence-corrected chi connectivity index (χ0v) is 21.3. The summed E-state index contributed by atoms with van der Waals surface area (Å²) in [5.74, 6) is -0.829. The summed E-state index contributed by atoms with van der Waals surface area (Å²) in [7, 11) is 1.68. The van der Waals surface area contributed by atoms with E-state index in [0.717, 1.165) is 0 Å². The van der Waals surface area contributed by atoms with Gasteiger partial charge >= 0.3 is 6.03 Å². The molecule has 1 aromatic carbocycles. The largest absolute Gasteiger partial charge is 0.485 e. The Morgan fingerprint density at radius 3 is 2.67 bits per heavy atom. The Bertz CT molecular complexity index is 1080. The van der Waals surface area contributed by atoms with Gasteiger partial charge in [-0.05, 0) is 32.9 Å². The van der Waals surface area contributed by atoms with Gasteiger partial charge in [0.05, 0.1) is 36.6 Å². The van der Waals surface area contributed by atoms with Crippen molar-refractivity contribution >= 4 is 23.5 Å². The molecule has 36 heavy (non-hydrogen) atoms. The number of nitrogens with zero attached hydrogens (tertiary/aromatic N) is 4. The van der Waals surface area contributed by atoms with E-state index in [9.17, 15) is 19.5 Å². The van der Waals surface area contributed by atoms with Crippen LogP contribution in [0.2, 0.25) is 0 Å². The number of ether oxygens (including phenoxy) is 1. The van der Waals surface area contributed by atoms with Crippen LogP contribution in [0, 0.1) is 5.92 Å². The molecule has 0 saturated carbocycles. The molecule has 2 aromatic rings. The fraction of sp³-hybridized carbons (Fsp3) is 0.480. The van der Waals surface area contributed by atoms with Crippen LogP contribution in [0.1, 0.15) is 48.5 Å². The van der Waals surface area contributed by atoms with Crippen LogP contribution in [0.3, 0.4) is 0 Å². The maximum atomic E-state index is 13.5. The molecule has 0 radical (unpaired) electrons. The van der Waals surface area contributed by atoms with Crippen LogP contribution in [0.5, 0.6) is 5.75 Å². The number of benzene rings is 1. The number of urea groups is 1. The molecule has 0 unspecified atom stereocenters. The minimum atomic E-state index is -0.511. The summed E-state index contributed by atoms with van der Waals surface area (Å²) in [5, 5.41) is 15.4. The van der Waals surface area contributed by atoms with Crippen molar-refractivity contribution in [2.24, 2.45) is 5.92 Å². The van der Waals surface area contributed by atoms with E-state index < -0.39 is 18.1 Å². The molecule has 1 aliphatic heterocycles. The van der Waals surface area contributed by atoms with Crippen molar-refractivity contribution in [3.8, 4) is 5.75 Å². The fourth-order valence-electron chi connectivity index (χ4n) is 3.87. The molecule has 11 heteroatoms. The van der Waals surface area contributed by atoms with Gasteiger partial charge in [0.1, 0.15) is 11.8 Å². The van der Waals surface area contributed by atoms with Gasteiger partial charge in [0, 0.05) is 37.9 Å². The second kappa shape index (κ2) is 11.8. The maximum Gasteiger partial charge on any atom is 0.317 e. The summed E-state index contributed by atoms with van der Waals surface area (Å²) in [6.07, 6.45) is 3.70. The van der Waals surface area contributed by atoms with Gasteiger partial charge in [0.15, 0.2) is 5.75 Å². The van der Waals surface area contributed by atoms with Crippen LogP contribution in [0.4, 0.5) is 10.5 Å². The van der Waals surface area contributed by atoms with Crippen molar-refractivity contribution in [3.05, 3.63) is 48.0 Å². The number of aromatic nitrogens is 2. The number of anilines is 1. The van der Waals surface area contributed by atoms with Crippen molar-refractivity contribution in [2.75, 3.05) is 32.1 Å². The Morgan fingerprint density at radius 2 is 2.03 bits per heavy atom. The lowest BCUT2D eigenvalue weighted by atomic mass is 9.99. The molecule has 11 nitrogen and oxygen atoms in total. The van der Waals surface area contributed by atoms with Gasteiger partial charge in [-0.25, -0.2) is 9.78 Å². The quantitative estimate of drug-likeness (QED) is 0.531. The number of rotatable bonds is 7. The van der Waals surface area contributed by atoms with Crippen LogP contribution in [-0.4, -0.2) is 87.7 Å². The van der Waals surface area contributed by atoms with Gasteiger partial charge < -0.3 is 30.3 Å². The molecular weight excluding hydrogens is 464 g/mol. The third-order valence-electron chi connectivity index (χ3n) is 5.95. The van der Waals surface area contributed by atoms with Gasteiger partial charge in [-0.1, -0.05) is 13.0 Å². The monoisotopic (exact) mass is 498 g/mol. The number of carbonyl (C=O) groups excluding carboxylic acids is 3. The van der Waals surface area contributed by atoms with Gasteiger partial charge in [-0.15, -0.1) is 0 Å². The Balaban J connectivity index is 2.00. The standard InChI is InChI=1S/C25H34N6O5/c1-15(2)28-25(35)30(5)13-21-16(3)12-31(17(4)14-32)24(34)18-7-6-8-19(22(18)36-21)29-23(33)20-11-26-9-10-27-20/h6-11,15-17,21,32H,12-14H2,1-5H3,(H,28,35)(H,29,33)/t16-,17+,21+/m1/s1. The first-order chi connectivity index (χ1) is 17.1. The highest BCUT2D eigenvalue weighted by Crippen LogP contribution is 2.35. The summed E-state index contributed by atoms with van der Waals surface area (Å²) in [6.45, 7) is 7.80. The minimum absolute atomic E-state index is 0.0298.